The zero-order chi connectivity index (χ0) is 8.69. The van der Waals surface area contributed by atoms with Gasteiger partial charge in [0.1, 0.15) is 0 Å². The minimum atomic E-state index is -1.02. The summed E-state index contributed by atoms with van der Waals surface area (Å²) in [5, 5.41) is 0. The molecule has 0 aliphatic rings. The van der Waals surface area contributed by atoms with Crippen molar-refractivity contribution in [1.82, 2.24) is 0 Å². The average Bonchev–Trinajstić information content (AvgIpc) is 2.00. The Morgan fingerprint density at radius 3 is 2.64 bits per heavy atom. The molecule has 0 bridgehead atoms. The molecule has 0 aliphatic carbocycles. The second kappa shape index (κ2) is 6.31. The summed E-state index contributed by atoms with van der Waals surface area (Å²) in [4.78, 5) is 0. The SMILES string of the molecule is C=CCS(=O)C(C=C)OCC. The lowest BCUT2D eigenvalue weighted by atomic mass is 10.7. The van der Waals surface area contributed by atoms with Crippen LogP contribution < -0.4 is 0 Å². The Morgan fingerprint density at radius 2 is 2.27 bits per heavy atom. The van der Waals surface area contributed by atoms with Gasteiger partial charge >= 0.3 is 0 Å². The number of ether oxygens (including phenoxy) is 1. The van der Waals surface area contributed by atoms with Crippen LogP contribution in [-0.2, 0) is 15.5 Å². The van der Waals surface area contributed by atoms with E-state index in [1.165, 1.54) is 0 Å². The minimum absolute atomic E-state index is 0.349. The van der Waals surface area contributed by atoms with Crippen LogP contribution in [0.4, 0.5) is 0 Å². The lowest BCUT2D eigenvalue weighted by molar-refractivity contribution is 0.151. The van der Waals surface area contributed by atoms with Crippen molar-refractivity contribution in [2.75, 3.05) is 12.4 Å². The predicted octanol–water partition coefficient (Wildman–Crippen LogP) is 1.47. The summed E-state index contributed by atoms with van der Waals surface area (Å²) < 4.78 is 16.3. The van der Waals surface area contributed by atoms with Crippen molar-refractivity contribution in [2.24, 2.45) is 0 Å². The Balaban J connectivity index is 3.90. The van der Waals surface area contributed by atoms with Gasteiger partial charge in [-0.1, -0.05) is 18.7 Å². The lowest BCUT2D eigenvalue weighted by Crippen LogP contribution is -2.17. The minimum Gasteiger partial charge on any atom is -0.361 e. The van der Waals surface area contributed by atoms with Gasteiger partial charge in [0.25, 0.3) is 0 Å². The van der Waals surface area contributed by atoms with Crippen molar-refractivity contribution >= 4 is 10.8 Å². The summed E-state index contributed by atoms with van der Waals surface area (Å²) in [5.41, 5.74) is -0.349. The van der Waals surface area contributed by atoms with Crippen molar-refractivity contribution < 1.29 is 8.95 Å². The molecule has 0 saturated carbocycles. The molecular weight excluding hydrogens is 160 g/mol. The van der Waals surface area contributed by atoms with Crippen molar-refractivity contribution in [3.63, 3.8) is 0 Å². The third-order valence-electron chi connectivity index (χ3n) is 1.06. The highest BCUT2D eigenvalue weighted by Gasteiger charge is 2.09. The maximum absolute atomic E-state index is 11.2. The van der Waals surface area contributed by atoms with Gasteiger partial charge in [-0.05, 0) is 6.92 Å². The smallest absolute Gasteiger partial charge is 0.150 e. The van der Waals surface area contributed by atoms with E-state index in [4.69, 9.17) is 4.74 Å². The van der Waals surface area contributed by atoms with Crippen LogP contribution in [0.2, 0.25) is 0 Å². The number of rotatable bonds is 6. The zero-order valence-electron chi connectivity index (χ0n) is 6.79. The predicted molar refractivity (Wildman–Crippen MR) is 48.8 cm³/mol. The quantitative estimate of drug-likeness (QED) is 0.570. The molecule has 0 rings (SSSR count). The van der Waals surface area contributed by atoms with E-state index in [9.17, 15) is 4.21 Å². The molecule has 0 radical (unpaired) electrons. The van der Waals surface area contributed by atoms with Gasteiger partial charge in [-0.25, -0.2) is 0 Å². The van der Waals surface area contributed by atoms with Crippen molar-refractivity contribution in [1.29, 1.82) is 0 Å². The van der Waals surface area contributed by atoms with Gasteiger partial charge in [0, 0.05) is 12.4 Å². The molecule has 0 amide bonds. The summed E-state index contributed by atoms with van der Waals surface area (Å²) >= 11 is 0. The number of hydrogen-bond donors (Lipinski definition) is 0. The third kappa shape index (κ3) is 4.11. The standard InChI is InChI=1S/C8H14O2S/c1-4-7-11(9)8(5-2)10-6-3/h4-5,8H,1-2,6-7H2,3H3. The van der Waals surface area contributed by atoms with Crippen LogP contribution in [0.5, 0.6) is 0 Å². The molecule has 2 nitrogen and oxygen atoms in total. The first-order chi connectivity index (χ1) is 5.26. The van der Waals surface area contributed by atoms with Crippen LogP contribution in [0.3, 0.4) is 0 Å². The van der Waals surface area contributed by atoms with Crippen molar-refractivity contribution in [3.8, 4) is 0 Å². The highest BCUT2D eigenvalue weighted by atomic mass is 32.2. The molecule has 0 spiro atoms. The van der Waals surface area contributed by atoms with Gasteiger partial charge in [-0.15, -0.1) is 6.58 Å². The molecule has 64 valence electrons. The molecule has 0 fully saturated rings. The van der Waals surface area contributed by atoms with E-state index in [0.29, 0.717) is 12.4 Å². The Morgan fingerprint density at radius 1 is 1.64 bits per heavy atom. The molecule has 0 aromatic carbocycles. The van der Waals surface area contributed by atoms with Gasteiger partial charge in [-0.2, -0.15) is 0 Å². The van der Waals surface area contributed by atoms with Gasteiger partial charge in [0.15, 0.2) is 5.44 Å². The van der Waals surface area contributed by atoms with Crippen LogP contribution in [-0.4, -0.2) is 22.0 Å². The van der Waals surface area contributed by atoms with Gasteiger partial charge in [0.2, 0.25) is 0 Å². The second-order valence-electron chi connectivity index (χ2n) is 1.90. The Hall–Kier alpha value is -0.410. The summed E-state index contributed by atoms with van der Waals surface area (Å²) in [6, 6.07) is 0. The van der Waals surface area contributed by atoms with E-state index in [1.807, 2.05) is 6.92 Å². The molecule has 0 N–H and O–H groups in total. The fourth-order valence-corrected chi connectivity index (χ4v) is 1.55. The van der Waals surface area contributed by atoms with Crippen LogP contribution >= 0.6 is 0 Å². The Labute approximate surface area is 70.4 Å². The van der Waals surface area contributed by atoms with E-state index < -0.39 is 10.8 Å². The molecule has 2 atom stereocenters. The zero-order valence-corrected chi connectivity index (χ0v) is 7.60. The van der Waals surface area contributed by atoms with Gasteiger partial charge < -0.3 is 4.74 Å². The van der Waals surface area contributed by atoms with Crippen LogP contribution in [0.15, 0.2) is 25.3 Å². The first-order valence-corrected chi connectivity index (χ1v) is 4.86. The Bertz CT molecular complexity index is 154. The van der Waals surface area contributed by atoms with Crippen LogP contribution in [0.25, 0.3) is 0 Å². The van der Waals surface area contributed by atoms with Crippen molar-refractivity contribution in [2.45, 2.75) is 12.4 Å². The molecule has 0 heterocycles. The van der Waals surface area contributed by atoms with Gasteiger partial charge in [-0.3, -0.25) is 4.21 Å². The van der Waals surface area contributed by atoms with E-state index in [1.54, 1.807) is 12.2 Å². The third-order valence-corrected chi connectivity index (χ3v) is 2.48. The molecular formula is C8H14O2S. The average molecular weight is 174 g/mol. The molecule has 0 saturated heterocycles. The molecule has 11 heavy (non-hydrogen) atoms. The monoisotopic (exact) mass is 174 g/mol. The highest BCUT2D eigenvalue weighted by molar-refractivity contribution is 7.85. The van der Waals surface area contributed by atoms with E-state index in [0.717, 1.165) is 0 Å². The lowest BCUT2D eigenvalue weighted by Gasteiger charge is -2.09. The molecule has 2 unspecified atom stereocenters. The maximum atomic E-state index is 11.2. The second-order valence-corrected chi connectivity index (χ2v) is 3.45. The van der Waals surface area contributed by atoms with Gasteiger partial charge in [0.05, 0.1) is 10.8 Å². The normalized spacial score (nSPS) is 15.4. The molecule has 0 aliphatic heterocycles. The summed E-state index contributed by atoms with van der Waals surface area (Å²) in [7, 11) is -1.02. The van der Waals surface area contributed by atoms with Crippen molar-refractivity contribution in [3.05, 3.63) is 25.3 Å². The fraction of sp³-hybridized carbons (Fsp3) is 0.500. The molecule has 3 heteroatoms. The molecule has 0 aromatic heterocycles. The molecule has 0 aromatic rings. The first kappa shape index (κ1) is 10.6. The fourth-order valence-electron chi connectivity index (χ4n) is 0.627. The van der Waals surface area contributed by atoms with E-state index in [-0.39, 0.29) is 5.44 Å². The first-order valence-electron chi connectivity index (χ1n) is 3.48. The highest BCUT2D eigenvalue weighted by Crippen LogP contribution is 2.00. The van der Waals surface area contributed by atoms with Crippen LogP contribution in [0.1, 0.15) is 6.92 Å². The van der Waals surface area contributed by atoms with E-state index in [2.05, 4.69) is 13.2 Å². The summed E-state index contributed by atoms with van der Waals surface area (Å²) in [5.74, 6) is 0.455. The summed E-state index contributed by atoms with van der Waals surface area (Å²) in [6.45, 7) is 9.44. The van der Waals surface area contributed by atoms with E-state index >= 15 is 0 Å². The Kier molecular flexibility index (Phi) is 6.07. The van der Waals surface area contributed by atoms with Crippen LogP contribution in [0, 0.1) is 0 Å². The summed E-state index contributed by atoms with van der Waals surface area (Å²) in [6.07, 6.45) is 3.18. The number of hydrogen-bond acceptors (Lipinski definition) is 2. The largest absolute Gasteiger partial charge is 0.361 e. The topological polar surface area (TPSA) is 26.3 Å². The maximum Gasteiger partial charge on any atom is 0.150 e.